The van der Waals surface area contributed by atoms with E-state index in [0.29, 0.717) is 5.69 Å². The number of aromatic nitrogens is 1. The first-order valence-corrected chi connectivity index (χ1v) is 3.08. The van der Waals surface area contributed by atoms with Crippen LogP contribution in [0.4, 0.5) is 5.69 Å². The molecule has 0 spiro atoms. The van der Waals surface area contributed by atoms with Gasteiger partial charge in [0.2, 0.25) is 0 Å². The molecule has 0 saturated carbocycles. The zero-order valence-corrected chi connectivity index (χ0v) is 5.96. The summed E-state index contributed by atoms with van der Waals surface area (Å²) in [5.41, 5.74) is 8.12. The van der Waals surface area contributed by atoms with Gasteiger partial charge in [0, 0.05) is 6.20 Å². The van der Waals surface area contributed by atoms with Crippen molar-refractivity contribution in [2.24, 2.45) is 0 Å². The highest BCUT2D eigenvalue weighted by Crippen LogP contribution is 2.10. The molecule has 1 rings (SSSR count). The van der Waals surface area contributed by atoms with E-state index in [2.05, 4.69) is 11.6 Å². The third-order valence-electron chi connectivity index (χ3n) is 1.28. The van der Waals surface area contributed by atoms with Gasteiger partial charge >= 0.3 is 0 Å². The van der Waals surface area contributed by atoms with Crippen molar-refractivity contribution >= 4 is 11.8 Å². The van der Waals surface area contributed by atoms with E-state index in [1.165, 1.54) is 0 Å². The summed E-state index contributed by atoms with van der Waals surface area (Å²) < 4.78 is 0. The number of nitrogens with two attached hydrogens (primary N) is 1. The standard InChI is InChI=1S/C8H10N2/c1-3-8-7(9)4-6(2)5-10-8/h3-5H,1,9H2,2H3. The first kappa shape index (κ1) is 6.81. The summed E-state index contributed by atoms with van der Waals surface area (Å²) in [6.45, 7) is 5.53. The van der Waals surface area contributed by atoms with Gasteiger partial charge in [0.05, 0.1) is 11.4 Å². The quantitative estimate of drug-likeness (QED) is 0.633. The molecule has 0 aliphatic heterocycles. The first-order valence-electron chi connectivity index (χ1n) is 3.08. The fourth-order valence-electron chi connectivity index (χ4n) is 0.773. The number of nitrogen functional groups attached to an aromatic ring is 1. The minimum absolute atomic E-state index is 0.690. The van der Waals surface area contributed by atoms with Crippen LogP contribution in [0.15, 0.2) is 18.8 Å². The molecule has 0 aromatic carbocycles. The molecule has 2 N–H and O–H groups in total. The van der Waals surface area contributed by atoms with Crippen LogP contribution in [0.3, 0.4) is 0 Å². The topological polar surface area (TPSA) is 38.9 Å². The molecule has 10 heavy (non-hydrogen) atoms. The highest BCUT2D eigenvalue weighted by molar-refractivity contribution is 5.59. The van der Waals surface area contributed by atoms with Gasteiger partial charge in [-0.3, -0.25) is 4.98 Å². The highest BCUT2D eigenvalue weighted by Gasteiger charge is 1.93. The fourth-order valence-corrected chi connectivity index (χ4v) is 0.773. The van der Waals surface area contributed by atoms with Crippen LogP contribution in [0.5, 0.6) is 0 Å². The van der Waals surface area contributed by atoms with Gasteiger partial charge < -0.3 is 5.73 Å². The molecule has 0 fully saturated rings. The van der Waals surface area contributed by atoms with Crippen molar-refractivity contribution in [3.63, 3.8) is 0 Å². The molecule has 1 heterocycles. The number of nitrogens with zero attached hydrogens (tertiary/aromatic N) is 1. The lowest BCUT2D eigenvalue weighted by atomic mass is 10.2. The molecule has 2 nitrogen and oxygen atoms in total. The lowest BCUT2D eigenvalue weighted by Gasteiger charge is -1.98. The minimum atomic E-state index is 0.690. The van der Waals surface area contributed by atoms with E-state index < -0.39 is 0 Å². The molecule has 0 atom stereocenters. The smallest absolute Gasteiger partial charge is 0.0853 e. The second-order valence-electron chi connectivity index (χ2n) is 2.19. The van der Waals surface area contributed by atoms with Crippen molar-refractivity contribution < 1.29 is 0 Å². The van der Waals surface area contributed by atoms with Gasteiger partial charge in [0.25, 0.3) is 0 Å². The maximum Gasteiger partial charge on any atom is 0.0853 e. The maximum absolute atomic E-state index is 5.60. The van der Waals surface area contributed by atoms with Crippen molar-refractivity contribution in [2.45, 2.75) is 6.92 Å². The van der Waals surface area contributed by atoms with Gasteiger partial charge in [-0.2, -0.15) is 0 Å². The Hall–Kier alpha value is -1.31. The second kappa shape index (κ2) is 2.52. The van der Waals surface area contributed by atoms with Gasteiger partial charge in [-0.05, 0) is 24.6 Å². The van der Waals surface area contributed by atoms with Crippen LogP contribution in [0.1, 0.15) is 11.3 Å². The van der Waals surface area contributed by atoms with Crippen LogP contribution in [0.25, 0.3) is 6.08 Å². The van der Waals surface area contributed by atoms with Crippen LogP contribution in [0, 0.1) is 6.92 Å². The van der Waals surface area contributed by atoms with Crippen molar-refractivity contribution in [3.05, 3.63) is 30.1 Å². The Kier molecular flexibility index (Phi) is 1.71. The number of hydrogen-bond donors (Lipinski definition) is 1. The molecule has 0 radical (unpaired) electrons. The van der Waals surface area contributed by atoms with E-state index in [0.717, 1.165) is 11.3 Å². The number of hydrogen-bond acceptors (Lipinski definition) is 2. The lowest BCUT2D eigenvalue weighted by Crippen LogP contribution is -1.92. The van der Waals surface area contributed by atoms with E-state index >= 15 is 0 Å². The summed E-state index contributed by atoms with van der Waals surface area (Å²) in [6, 6.07) is 1.88. The molecule has 0 saturated heterocycles. The molecule has 52 valence electrons. The van der Waals surface area contributed by atoms with Gasteiger partial charge in [0.1, 0.15) is 0 Å². The van der Waals surface area contributed by atoms with E-state index in [-0.39, 0.29) is 0 Å². The van der Waals surface area contributed by atoms with Gasteiger partial charge in [-0.1, -0.05) is 6.58 Å². The normalized spacial score (nSPS) is 9.30. The second-order valence-corrected chi connectivity index (χ2v) is 2.19. The van der Waals surface area contributed by atoms with E-state index in [4.69, 9.17) is 5.73 Å². The number of rotatable bonds is 1. The SMILES string of the molecule is C=Cc1ncc(C)cc1N. The van der Waals surface area contributed by atoms with Crippen LogP contribution in [-0.4, -0.2) is 4.98 Å². The van der Waals surface area contributed by atoms with E-state index in [1.807, 2.05) is 13.0 Å². The summed E-state index contributed by atoms with van der Waals surface area (Å²) >= 11 is 0. The number of anilines is 1. The summed E-state index contributed by atoms with van der Waals surface area (Å²) in [7, 11) is 0. The maximum atomic E-state index is 5.60. The third kappa shape index (κ3) is 1.16. The highest BCUT2D eigenvalue weighted by atomic mass is 14.7. The lowest BCUT2D eigenvalue weighted by molar-refractivity contribution is 1.25. The summed E-state index contributed by atoms with van der Waals surface area (Å²) in [5.74, 6) is 0. The predicted octanol–water partition coefficient (Wildman–Crippen LogP) is 1.62. The Bertz CT molecular complexity index is 253. The summed E-state index contributed by atoms with van der Waals surface area (Å²) in [6.07, 6.45) is 3.42. The fraction of sp³-hybridized carbons (Fsp3) is 0.125. The van der Waals surface area contributed by atoms with E-state index in [9.17, 15) is 0 Å². The number of aryl methyl sites for hydroxylation is 1. The molecule has 0 amide bonds. The van der Waals surface area contributed by atoms with Crippen molar-refractivity contribution in [1.29, 1.82) is 0 Å². The largest absolute Gasteiger partial charge is 0.397 e. The van der Waals surface area contributed by atoms with Crippen LogP contribution >= 0.6 is 0 Å². The molecular weight excluding hydrogens is 124 g/mol. The third-order valence-corrected chi connectivity index (χ3v) is 1.28. The Labute approximate surface area is 60.4 Å². The van der Waals surface area contributed by atoms with Crippen LogP contribution in [-0.2, 0) is 0 Å². The predicted molar refractivity (Wildman–Crippen MR) is 43.5 cm³/mol. The van der Waals surface area contributed by atoms with Gasteiger partial charge in [-0.25, -0.2) is 0 Å². The molecule has 1 aromatic heterocycles. The molecule has 2 heteroatoms. The van der Waals surface area contributed by atoms with Crippen molar-refractivity contribution in [3.8, 4) is 0 Å². The Balaban J connectivity index is 3.19. The average Bonchev–Trinajstić information content (AvgIpc) is 1.88. The van der Waals surface area contributed by atoms with E-state index in [1.54, 1.807) is 12.3 Å². The van der Waals surface area contributed by atoms with Crippen LogP contribution < -0.4 is 5.73 Å². The zero-order chi connectivity index (χ0) is 7.56. The monoisotopic (exact) mass is 134 g/mol. The molecule has 0 unspecified atom stereocenters. The Morgan fingerprint density at radius 3 is 2.90 bits per heavy atom. The first-order chi connectivity index (χ1) is 4.74. The van der Waals surface area contributed by atoms with Crippen LogP contribution in [0.2, 0.25) is 0 Å². The summed E-state index contributed by atoms with van der Waals surface area (Å²) in [5, 5.41) is 0. The van der Waals surface area contributed by atoms with Gasteiger partial charge in [-0.15, -0.1) is 0 Å². The molecule has 0 aliphatic carbocycles. The van der Waals surface area contributed by atoms with Crippen molar-refractivity contribution in [1.82, 2.24) is 4.98 Å². The van der Waals surface area contributed by atoms with Gasteiger partial charge in [0.15, 0.2) is 0 Å². The zero-order valence-electron chi connectivity index (χ0n) is 5.96. The molecule has 1 aromatic rings. The molecule has 0 bridgehead atoms. The minimum Gasteiger partial charge on any atom is -0.397 e. The number of pyridine rings is 1. The Morgan fingerprint density at radius 1 is 1.70 bits per heavy atom. The summed E-state index contributed by atoms with van der Waals surface area (Å²) in [4.78, 5) is 4.05. The average molecular weight is 134 g/mol. The molecule has 0 aliphatic rings. The van der Waals surface area contributed by atoms with Crippen molar-refractivity contribution in [2.75, 3.05) is 5.73 Å². The Morgan fingerprint density at radius 2 is 2.40 bits per heavy atom. The molecular formula is C8H10N2.